The number of rotatable bonds is 4. The summed E-state index contributed by atoms with van der Waals surface area (Å²) in [7, 11) is -1.57. The van der Waals surface area contributed by atoms with Gasteiger partial charge in [-0.1, -0.05) is 0 Å². The van der Waals surface area contributed by atoms with Crippen LogP contribution in [0, 0.1) is 0 Å². The summed E-state index contributed by atoms with van der Waals surface area (Å²) in [6.45, 7) is 0.135. The van der Waals surface area contributed by atoms with Crippen LogP contribution in [0.5, 0.6) is 0 Å². The Morgan fingerprint density at radius 1 is 1.43 bits per heavy atom. The van der Waals surface area contributed by atoms with Crippen LogP contribution in [0.4, 0.5) is 0 Å². The summed E-state index contributed by atoms with van der Waals surface area (Å²) < 4.78 is 37.5. The summed E-state index contributed by atoms with van der Waals surface area (Å²) in [5, 5.41) is 0. The first kappa shape index (κ1) is 15.6. The van der Waals surface area contributed by atoms with E-state index in [2.05, 4.69) is 0 Å². The van der Waals surface area contributed by atoms with E-state index in [1.807, 2.05) is 0 Å². The molecule has 0 aromatic heterocycles. The summed E-state index contributed by atoms with van der Waals surface area (Å²) in [6.07, 6.45) is 1.55. The van der Waals surface area contributed by atoms with Crippen molar-refractivity contribution >= 4 is 21.7 Å². The Morgan fingerprint density at radius 3 is 2.76 bits per heavy atom. The van der Waals surface area contributed by atoms with Gasteiger partial charge in [0.1, 0.15) is 19.5 Å². The van der Waals surface area contributed by atoms with Crippen LogP contribution in [0.1, 0.15) is 6.42 Å². The maximum absolute atomic E-state index is 11.9. The lowest BCUT2D eigenvalue weighted by atomic mass is 10.2. The average molecular weight is 319 g/mol. The van der Waals surface area contributed by atoms with E-state index in [-0.39, 0.29) is 29.9 Å². The van der Waals surface area contributed by atoms with Crippen LogP contribution in [0.3, 0.4) is 0 Å². The van der Waals surface area contributed by atoms with Gasteiger partial charge in [0.2, 0.25) is 5.76 Å². The highest BCUT2D eigenvalue weighted by Crippen LogP contribution is 2.16. The minimum Gasteiger partial charge on any atom is -0.493 e. The molecule has 0 unspecified atom stereocenters. The third kappa shape index (κ3) is 4.10. The Labute approximate surface area is 122 Å². The van der Waals surface area contributed by atoms with Gasteiger partial charge in [0.15, 0.2) is 16.4 Å². The molecule has 0 spiro atoms. The topological polar surface area (TPSA) is 99.2 Å². The van der Waals surface area contributed by atoms with Crippen molar-refractivity contribution in [3.8, 4) is 0 Å². The fourth-order valence-electron chi connectivity index (χ4n) is 2.06. The van der Waals surface area contributed by atoms with Crippen molar-refractivity contribution in [2.45, 2.75) is 12.5 Å². The number of likely N-dealkylation sites (N-methyl/N-ethyl adjacent to an activating group) is 1. The van der Waals surface area contributed by atoms with Gasteiger partial charge in [0.25, 0.3) is 5.91 Å². The number of carbonyl (C=O) groups excluding carboxylic acids is 2. The SMILES string of the molecule is CN(C(=O)COC(=O)C1=COCCO1)[C@H]1CCS(=O)(=O)C1. The molecule has 2 heterocycles. The van der Waals surface area contributed by atoms with Crippen LogP contribution >= 0.6 is 0 Å². The molecule has 0 saturated carbocycles. The highest BCUT2D eigenvalue weighted by molar-refractivity contribution is 7.91. The molecule has 21 heavy (non-hydrogen) atoms. The summed E-state index contributed by atoms with van der Waals surface area (Å²) in [5.41, 5.74) is 0. The number of ether oxygens (including phenoxy) is 3. The molecule has 1 amide bonds. The lowest BCUT2D eigenvalue weighted by Crippen LogP contribution is -2.40. The zero-order chi connectivity index (χ0) is 15.5. The van der Waals surface area contributed by atoms with Crippen LogP contribution < -0.4 is 0 Å². The van der Waals surface area contributed by atoms with E-state index < -0.39 is 28.3 Å². The van der Waals surface area contributed by atoms with E-state index in [9.17, 15) is 18.0 Å². The largest absolute Gasteiger partial charge is 0.493 e. The van der Waals surface area contributed by atoms with Gasteiger partial charge in [-0.2, -0.15) is 0 Å². The molecule has 0 N–H and O–H groups in total. The van der Waals surface area contributed by atoms with Gasteiger partial charge in [-0.15, -0.1) is 0 Å². The number of nitrogens with zero attached hydrogens (tertiary/aromatic N) is 1. The minimum absolute atomic E-state index is 0.0503. The molecule has 0 aliphatic carbocycles. The third-order valence-electron chi connectivity index (χ3n) is 3.33. The molecule has 1 fully saturated rings. The molecule has 2 rings (SSSR count). The summed E-state index contributed by atoms with van der Waals surface area (Å²) in [4.78, 5) is 24.8. The van der Waals surface area contributed by atoms with Crippen molar-refractivity contribution in [2.24, 2.45) is 0 Å². The van der Waals surface area contributed by atoms with Gasteiger partial charge in [-0.05, 0) is 6.42 Å². The molecular weight excluding hydrogens is 302 g/mol. The van der Waals surface area contributed by atoms with Gasteiger partial charge in [0.05, 0.1) is 11.5 Å². The first-order valence-corrected chi connectivity index (χ1v) is 8.29. The van der Waals surface area contributed by atoms with Crippen LogP contribution in [0.15, 0.2) is 12.0 Å². The first-order chi connectivity index (χ1) is 9.89. The van der Waals surface area contributed by atoms with Gasteiger partial charge in [-0.25, -0.2) is 13.2 Å². The Balaban J connectivity index is 1.81. The molecule has 0 aromatic rings. The molecule has 1 saturated heterocycles. The van der Waals surface area contributed by atoms with Gasteiger partial charge >= 0.3 is 5.97 Å². The fraction of sp³-hybridized carbons (Fsp3) is 0.667. The Morgan fingerprint density at radius 2 is 2.19 bits per heavy atom. The number of hydrogen-bond donors (Lipinski definition) is 0. The highest BCUT2D eigenvalue weighted by Gasteiger charge is 2.33. The lowest BCUT2D eigenvalue weighted by Gasteiger charge is -2.23. The second-order valence-corrected chi connectivity index (χ2v) is 7.07. The number of amides is 1. The molecule has 9 heteroatoms. The van der Waals surface area contributed by atoms with Crippen molar-refractivity contribution in [2.75, 3.05) is 38.4 Å². The van der Waals surface area contributed by atoms with Gasteiger partial charge in [-0.3, -0.25) is 4.79 Å². The zero-order valence-corrected chi connectivity index (χ0v) is 12.4. The quantitative estimate of drug-likeness (QED) is 0.617. The zero-order valence-electron chi connectivity index (χ0n) is 11.6. The van der Waals surface area contributed by atoms with Gasteiger partial charge < -0.3 is 19.1 Å². The standard InChI is InChI=1S/C12H17NO7S/c1-13(9-2-5-21(16,17)8-9)11(14)7-20-12(15)10-6-18-3-4-19-10/h6,9H,2-5,7-8H2,1H3/t9-/m0/s1. The molecule has 118 valence electrons. The predicted molar refractivity (Wildman–Crippen MR) is 70.8 cm³/mol. The van der Waals surface area contributed by atoms with Crippen LogP contribution in [-0.2, 0) is 33.6 Å². The molecule has 2 aliphatic heterocycles. The number of carbonyl (C=O) groups is 2. The van der Waals surface area contributed by atoms with E-state index in [0.29, 0.717) is 13.0 Å². The monoisotopic (exact) mass is 319 g/mol. The third-order valence-corrected chi connectivity index (χ3v) is 5.08. The van der Waals surface area contributed by atoms with Gasteiger partial charge in [0, 0.05) is 13.1 Å². The first-order valence-electron chi connectivity index (χ1n) is 6.47. The van der Waals surface area contributed by atoms with E-state index in [0.717, 1.165) is 6.26 Å². The van der Waals surface area contributed by atoms with E-state index >= 15 is 0 Å². The van der Waals surface area contributed by atoms with Crippen LogP contribution in [0.2, 0.25) is 0 Å². The molecule has 8 nitrogen and oxygen atoms in total. The lowest BCUT2D eigenvalue weighted by molar-refractivity contribution is -0.152. The second kappa shape index (κ2) is 6.33. The van der Waals surface area contributed by atoms with Crippen molar-refractivity contribution in [3.63, 3.8) is 0 Å². The summed E-state index contributed by atoms with van der Waals surface area (Å²) in [6, 6.07) is -0.366. The summed E-state index contributed by atoms with van der Waals surface area (Å²) >= 11 is 0. The average Bonchev–Trinajstić information content (AvgIpc) is 2.84. The molecular formula is C12H17NO7S. The smallest absolute Gasteiger partial charge is 0.377 e. The van der Waals surface area contributed by atoms with Crippen molar-refractivity contribution < 1.29 is 32.2 Å². The van der Waals surface area contributed by atoms with E-state index in [4.69, 9.17) is 14.2 Å². The van der Waals surface area contributed by atoms with Crippen molar-refractivity contribution in [1.82, 2.24) is 4.90 Å². The number of hydrogen-bond acceptors (Lipinski definition) is 7. The fourth-order valence-corrected chi connectivity index (χ4v) is 3.83. The molecule has 1 atom stereocenters. The molecule has 0 radical (unpaired) electrons. The number of sulfone groups is 1. The summed E-state index contributed by atoms with van der Waals surface area (Å²) in [5.74, 6) is -1.29. The Bertz CT molecular complexity index is 554. The maximum atomic E-state index is 11.9. The van der Waals surface area contributed by atoms with Crippen molar-refractivity contribution in [1.29, 1.82) is 0 Å². The Kier molecular flexibility index (Phi) is 4.71. The second-order valence-electron chi connectivity index (χ2n) is 4.84. The van der Waals surface area contributed by atoms with Crippen molar-refractivity contribution in [3.05, 3.63) is 12.0 Å². The number of esters is 1. The molecule has 0 bridgehead atoms. The molecule has 2 aliphatic rings. The Hall–Kier alpha value is -1.77. The van der Waals surface area contributed by atoms with Crippen LogP contribution in [-0.4, -0.2) is 69.6 Å². The van der Waals surface area contributed by atoms with Crippen LogP contribution in [0.25, 0.3) is 0 Å². The van der Waals surface area contributed by atoms with E-state index in [1.165, 1.54) is 11.9 Å². The predicted octanol–water partition coefficient (Wildman–Crippen LogP) is -0.937. The van der Waals surface area contributed by atoms with E-state index in [1.54, 1.807) is 0 Å². The molecule has 0 aromatic carbocycles. The normalized spacial score (nSPS) is 23.5. The maximum Gasteiger partial charge on any atom is 0.377 e. The highest BCUT2D eigenvalue weighted by atomic mass is 32.2. The minimum atomic E-state index is -3.07.